The molecule has 0 aromatic heterocycles. The van der Waals surface area contributed by atoms with Crippen LogP contribution in [0.25, 0.3) is 0 Å². The van der Waals surface area contributed by atoms with E-state index in [1.54, 1.807) is 0 Å². The Morgan fingerprint density at radius 1 is 0.611 bits per heavy atom. The van der Waals surface area contributed by atoms with Crippen molar-refractivity contribution in [1.29, 1.82) is 0 Å². The number of nitrogens with two attached hydrogens (primary N) is 1. The highest BCUT2D eigenvalue weighted by molar-refractivity contribution is 4.72. The third kappa shape index (κ3) is 9.94. The van der Waals surface area contributed by atoms with Crippen molar-refractivity contribution in [2.24, 2.45) is 11.7 Å². The van der Waals surface area contributed by atoms with E-state index in [9.17, 15) is 0 Å². The summed E-state index contributed by atoms with van der Waals surface area (Å²) in [5.74, 6) is 0.778. The van der Waals surface area contributed by atoms with Crippen molar-refractivity contribution in [1.82, 2.24) is 0 Å². The highest BCUT2D eigenvalue weighted by atomic mass is 14.6. The Bertz CT molecular complexity index is 150. The molecular formula is C17H37N. The van der Waals surface area contributed by atoms with Gasteiger partial charge in [-0.25, -0.2) is 0 Å². The van der Waals surface area contributed by atoms with E-state index in [2.05, 4.69) is 20.8 Å². The SMILES string of the molecule is CCCCCCCCCC(N)C(CCC)CCC. The Morgan fingerprint density at radius 3 is 1.61 bits per heavy atom. The zero-order valence-electron chi connectivity index (χ0n) is 13.2. The molecule has 0 aromatic rings. The summed E-state index contributed by atoms with van der Waals surface area (Å²) >= 11 is 0. The summed E-state index contributed by atoms with van der Waals surface area (Å²) < 4.78 is 0. The lowest BCUT2D eigenvalue weighted by Gasteiger charge is -2.23. The van der Waals surface area contributed by atoms with Crippen molar-refractivity contribution in [2.75, 3.05) is 0 Å². The predicted molar refractivity (Wildman–Crippen MR) is 83.9 cm³/mol. The van der Waals surface area contributed by atoms with Gasteiger partial charge in [0.1, 0.15) is 0 Å². The van der Waals surface area contributed by atoms with Crippen LogP contribution in [0, 0.1) is 5.92 Å². The first kappa shape index (κ1) is 18.0. The van der Waals surface area contributed by atoms with Crippen molar-refractivity contribution in [3.8, 4) is 0 Å². The molecule has 0 aliphatic carbocycles. The minimum Gasteiger partial charge on any atom is -0.327 e. The third-order valence-electron chi connectivity index (χ3n) is 4.07. The molecule has 2 N–H and O–H groups in total. The summed E-state index contributed by atoms with van der Waals surface area (Å²) in [5, 5.41) is 0. The lowest BCUT2D eigenvalue weighted by atomic mass is 9.88. The molecule has 0 aliphatic heterocycles. The van der Waals surface area contributed by atoms with E-state index >= 15 is 0 Å². The van der Waals surface area contributed by atoms with Gasteiger partial charge in [-0.1, -0.05) is 78.6 Å². The normalized spacial score (nSPS) is 13.2. The van der Waals surface area contributed by atoms with Gasteiger partial charge < -0.3 is 5.73 Å². The van der Waals surface area contributed by atoms with Crippen LogP contribution >= 0.6 is 0 Å². The van der Waals surface area contributed by atoms with E-state index in [4.69, 9.17) is 5.73 Å². The minimum atomic E-state index is 0.459. The Morgan fingerprint density at radius 2 is 1.11 bits per heavy atom. The summed E-state index contributed by atoms with van der Waals surface area (Å²) in [6.07, 6.45) is 16.2. The quantitative estimate of drug-likeness (QED) is 0.421. The van der Waals surface area contributed by atoms with Crippen LogP contribution in [-0.4, -0.2) is 6.04 Å². The van der Waals surface area contributed by atoms with Crippen LogP contribution < -0.4 is 5.73 Å². The molecule has 1 heteroatoms. The molecule has 0 saturated heterocycles. The van der Waals surface area contributed by atoms with Gasteiger partial charge in [0.25, 0.3) is 0 Å². The Kier molecular flexibility index (Phi) is 13.4. The summed E-state index contributed by atoms with van der Waals surface area (Å²) in [6.45, 7) is 6.84. The molecule has 0 aromatic carbocycles. The molecule has 0 saturated carbocycles. The lowest BCUT2D eigenvalue weighted by Crippen LogP contribution is -2.30. The maximum Gasteiger partial charge on any atom is 0.00671 e. The fourth-order valence-electron chi connectivity index (χ4n) is 2.89. The maximum atomic E-state index is 6.35. The van der Waals surface area contributed by atoms with E-state index in [0.717, 1.165) is 5.92 Å². The molecule has 0 heterocycles. The van der Waals surface area contributed by atoms with Gasteiger partial charge >= 0.3 is 0 Å². The van der Waals surface area contributed by atoms with Crippen LogP contribution in [0.15, 0.2) is 0 Å². The number of hydrogen-bond acceptors (Lipinski definition) is 1. The summed E-state index contributed by atoms with van der Waals surface area (Å²) in [7, 11) is 0. The van der Waals surface area contributed by atoms with Gasteiger partial charge in [0, 0.05) is 6.04 Å². The fourth-order valence-corrected chi connectivity index (χ4v) is 2.89. The predicted octanol–water partition coefficient (Wildman–Crippen LogP) is 5.67. The van der Waals surface area contributed by atoms with Crippen LogP contribution in [0.3, 0.4) is 0 Å². The van der Waals surface area contributed by atoms with Crippen molar-refractivity contribution in [3.63, 3.8) is 0 Å². The van der Waals surface area contributed by atoms with Gasteiger partial charge in [0.2, 0.25) is 0 Å². The monoisotopic (exact) mass is 255 g/mol. The van der Waals surface area contributed by atoms with E-state index in [1.165, 1.54) is 77.0 Å². The largest absolute Gasteiger partial charge is 0.327 e. The lowest BCUT2D eigenvalue weighted by molar-refractivity contribution is 0.339. The fraction of sp³-hybridized carbons (Fsp3) is 1.00. The van der Waals surface area contributed by atoms with E-state index in [1.807, 2.05) is 0 Å². The van der Waals surface area contributed by atoms with E-state index < -0.39 is 0 Å². The second-order valence-electron chi connectivity index (χ2n) is 5.91. The Labute approximate surface area is 116 Å². The van der Waals surface area contributed by atoms with Crippen LogP contribution in [0.5, 0.6) is 0 Å². The number of hydrogen-bond donors (Lipinski definition) is 1. The molecule has 18 heavy (non-hydrogen) atoms. The molecule has 110 valence electrons. The maximum absolute atomic E-state index is 6.35. The van der Waals surface area contributed by atoms with Gasteiger partial charge in [-0.3, -0.25) is 0 Å². The molecule has 0 amide bonds. The average molecular weight is 255 g/mol. The van der Waals surface area contributed by atoms with Crippen molar-refractivity contribution < 1.29 is 0 Å². The van der Waals surface area contributed by atoms with E-state index in [-0.39, 0.29) is 0 Å². The first-order valence-electron chi connectivity index (χ1n) is 8.51. The highest BCUT2D eigenvalue weighted by Gasteiger charge is 2.15. The topological polar surface area (TPSA) is 26.0 Å². The molecular weight excluding hydrogens is 218 g/mol. The van der Waals surface area contributed by atoms with Crippen LogP contribution in [0.1, 0.15) is 97.8 Å². The van der Waals surface area contributed by atoms with E-state index in [0.29, 0.717) is 6.04 Å². The highest BCUT2D eigenvalue weighted by Crippen LogP contribution is 2.20. The molecule has 1 nitrogen and oxygen atoms in total. The number of unbranched alkanes of at least 4 members (excludes halogenated alkanes) is 6. The summed E-state index contributed by atoms with van der Waals surface area (Å²) in [6, 6.07) is 0.459. The van der Waals surface area contributed by atoms with Gasteiger partial charge in [-0.2, -0.15) is 0 Å². The van der Waals surface area contributed by atoms with Crippen LogP contribution in [0.4, 0.5) is 0 Å². The smallest absolute Gasteiger partial charge is 0.00671 e. The molecule has 1 atom stereocenters. The number of rotatable bonds is 13. The molecule has 0 aliphatic rings. The zero-order valence-corrected chi connectivity index (χ0v) is 13.2. The second kappa shape index (κ2) is 13.4. The van der Waals surface area contributed by atoms with Crippen LogP contribution in [-0.2, 0) is 0 Å². The van der Waals surface area contributed by atoms with Crippen LogP contribution in [0.2, 0.25) is 0 Å². The first-order valence-corrected chi connectivity index (χ1v) is 8.51. The minimum absolute atomic E-state index is 0.459. The second-order valence-corrected chi connectivity index (χ2v) is 5.91. The summed E-state index contributed by atoms with van der Waals surface area (Å²) in [5.41, 5.74) is 6.35. The van der Waals surface area contributed by atoms with Gasteiger partial charge in [0.05, 0.1) is 0 Å². The molecule has 0 rings (SSSR count). The van der Waals surface area contributed by atoms with Crippen molar-refractivity contribution in [2.45, 2.75) is 104 Å². The standard InChI is InChI=1S/C17H37N/c1-4-7-8-9-10-11-12-15-17(18)16(13-5-2)14-6-3/h16-17H,4-15,18H2,1-3H3. The van der Waals surface area contributed by atoms with Crippen molar-refractivity contribution >= 4 is 0 Å². The molecule has 0 radical (unpaired) electrons. The first-order chi connectivity index (χ1) is 8.76. The molecule has 0 spiro atoms. The zero-order chi connectivity index (χ0) is 13.6. The molecule has 1 unspecified atom stereocenters. The van der Waals surface area contributed by atoms with Crippen molar-refractivity contribution in [3.05, 3.63) is 0 Å². The molecule has 0 fully saturated rings. The third-order valence-corrected chi connectivity index (χ3v) is 4.07. The van der Waals surface area contributed by atoms with Gasteiger partial charge in [-0.15, -0.1) is 0 Å². The van der Waals surface area contributed by atoms with Gasteiger partial charge in [-0.05, 0) is 25.2 Å². The average Bonchev–Trinajstić information content (AvgIpc) is 2.37. The Hall–Kier alpha value is -0.0400. The Balaban J connectivity index is 3.51. The summed E-state index contributed by atoms with van der Waals surface area (Å²) in [4.78, 5) is 0. The molecule has 0 bridgehead atoms. The van der Waals surface area contributed by atoms with Gasteiger partial charge in [0.15, 0.2) is 0 Å².